The monoisotopic (exact) mass is 247 g/mol. The first kappa shape index (κ1) is 13.1. The van der Waals surface area contributed by atoms with Crippen LogP contribution in [0.4, 0.5) is 0 Å². The molecule has 0 amide bonds. The van der Waals surface area contributed by atoms with Crippen LogP contribution in [0.2, 0.25) is 0 Å². The molecule has 1 aliphatic heterocycles. The molecule has 1 aromatic heterocycles. The lowest BCUT2D eigenvalue weighted by Gasteiger charge is -2.20. The molecule has 0 aromatic carbocycles. The third-order valence-corrected chi connectivity index (χ3v) is 3.55. The fourth-order valence-corrected chi connectivity index (χ4v) is 2.43. The second-order valence-corrected chi connectivity index (χ2v) is 5.25. The zero-order valence-electron chi connectivity index (χ0n) is 11.1. The van der Waals surface area contributed by atoms with Gasteiger partial charge in [-0.1, -0.05) is 0 Å². The third kappa shape index (κ3) is 3.34. The molecular formula is C14H21N3O. The first-order chi connectivity index (χ1) is 8.69. The van der Waals surface area contributed by atoms with Gasteiger partial charge in [0, 0.05) is 12.6 Å². The van der Waals surface area contributed by atoms with Gasteiger partial charge in [-0.25, -0.2) is 0 Å². The predicted molar refractivity (Wildman–Crippen MR) is 69.9 cm³/mol. The average molecular weight is 247 g/mol. The summed E-state index contributed by atoms with van der Waals surface area (Å²) in [6.45, 7) is 8.63. The molecule has 1 fully saturated rings. The van der Waals surface area contributed by atoms with Gasteiger partial charge in [0.25, 0.3) is 0 Å². The van der Waals surface area contributed by atoms with E-state index in [1.807, 2.05) is 12.1 Å². The van der Waals surface area contributed by atoms with E-state index in [0.29, 0.717) is 18.3 Å². The Morgan fingerprint density at radius 3 is 3.00 bits per heavy atom. The van der Waals surface area contributed by atoms with Crippen LogP contribution in [0.5, 0.6) is 0 Å². The quantitative estimate of drug-likeness (QED) is 0.864. The second-order valence-electron chi connectivity index (χ2n) is 5.25. The van der Waals surface area contributed by atoms with Gasteiger partial charge in [-0.05, 0) is 51.4 Å². The molecule has 4 nitrogen and oxygen atoms in total. The standard InChI is InChI=1S/C14H21N3O/c1-11(2)17-6-5-12(10-17)8-16-9-14-4-3-13(7-15)18-14/h3-4,11-12,16H,5-6,8-10H2,1-2H3. The van der Waals surface area contributed by atoms with Gasteiger partial charge in [-0.2, -0.15) is 5.26 Å². The van der Waals surface area contributed by atoms with Gasteiger partial charge < -0.3 is 14.6 Å². The number of nitriles is 1. The first-order valence-corrected chi connectivity index (χ1v) is 6.62. The molecule has 2 rings (SSSR count). The third-order valence-electron chi connectivity index (χ3n) is 3.55. The van der Waals surface area contributed by atoms with E-state index in [1.54, 1.807) is 6.07 Å². The van der Waals surface area contributed by atoms with Crippen LogP contribution in [0.1, 0.15) is 31.8 Å². The van der Waals surface area contributed by atoms with Gasteiger partial charge >= 0.3 is 0 Å². The maximum atomic E-state index is 8.66. The Hall–Kier alpha value is -1.31. The number of nitrogens with zero attached hydrogens (tertiary/aromatic N) is 2. The summed E-state index contributed by atoms with van der Waals surface area (Å²) >= 11 is 0. The molecule has 1 unspecified atom stereocenters. The van der Waals surface area contributed by atoms with E-state index in [-0.39, 0.29) is 0 Å². The molecule has 98 valence electrons. The van der Waals surface area contributed by atoms with Gasteiger partial charge in [-0.15, -0.1) is 0 Å². The zero-order valence-corrected chi connectivity index (χ0v) is 11.1. The number of hydrogen-bond acceptors (Lipinski definition) is 4. The minimum Gasteiger partial charge on any atom is -0.449 e. The highest BCUT2D eigenvalue weighted by Crippen LogP contribution is 2.17. The van der Waals surface area contributed by atoms with Crippen molar-refractivity contribution in [3.8, 4) is 6.07 Å². The predicted octanol–water partition coefficient (Wildman–Crippen LogP) is 1.97. The van der Waals surface area contributed by atoms with Crippen molar-refractivity contribution in [3.63, 3.8) is 0 Å². The molecule has 18 heavy (non-hydrogen) atoms. The number of likely N-dealkylation sites (tertiary alicyclic amines) is 1. The van der Waals surface area contributed by atoms with E-state index in [0.717, 1.165) is 18.2 Å². The van der Waals surface area contributed by atoms with Crippen LogP contribution in [0.15, 0.2) is 16.5 Å². The molecule has 1 N–H and O–H groups in total. The summed E-state index contributed by atoms with van der Waals surface area (Å²) in [4.78, 5) is 2.52. The first-order valence-electron chi connectivity index (χ1n) is 6.62. The molecule has 4 heteroatoms. The fraction of sp³-hybridized carbons (Fsp3) is 0.643. The Kier molecular flexibility index (Phi) is 4.40. The topological polar surface area (TPSA) is 52.2 Å². The van der Waals surface area contributed by atoms with Crippen LogP contribution in [0.3, 0.4) is 0 Å². The van der Waals surface area contributed by atoms with Gasteiger partial charge in [0.15, 0.2) is 0 Å². The summed E-state index contributed by atoms with van der Waals surface area (Å²) < 4.78 is 5.32. The summed E-state index contributed by atoms with van der Waals surface area (Å²) in [5, 5.41) is 12.1. The van der Waals surface area contributed by atoms with Crippen LogP contribution in [0.25, 0.3) is 0 Å². The summed E-state index contributed by atoms with van der Waals surface area (Å²) in [7, 11) is 0. The average Bonchev–Trinajstić information content (AvgIpc) is 2.97. The molecule has 0 radical (unpaired) electrons. The summed E-state index contributed by atoms with van der Waals surface area (Å²) in [6, 6.07) is 6.22. The Balaban J connectivity index is 1.69. The largest absolute Gasteiger partial charge is 0.449 e. The Bertz CT molecular complexity index is 419. The highest BCUT2D eigenvalue weighted by molar-refractivity contribution is 5.18. The number of nitrogens with one attached hydrogen (secondary N) is 1. The molecule has 1 aliphatic rings. The molecular weight excluding hydrogens is 226 g/mol. The van der Waals surface area contributed by atoms with E-state index in [9.17, 15) is 0 Å². The van der Waals surface area contributed by atoms with E-state index in [1.165, 1.54) is 19.5 Å². The zero-order chi connectivity index (χ0) is 13.0. The number of furan rings is 1. The maximum Gasteiger partial charge on any atom is 0.203 e. The normalized spacial score (nSPS) is 20.4. The molecule has 0 saturated carbocycles. The van der Waals surface area contributed by atoms with Crippen molar-refractivity contribution < 1.29 is 4.42 Å². The Labute approximate surface area is 109 Å². The highest BCUT2D eigenvalue weighted by Gasteiger charge is 2.23. The van der Waals surface area contributed by atoms with Crippen LogP contribution >= 0.6 is 0 Å². The number of rotatable bonds is 5. The summed E-state index contributed by atoms with van der Waals surface area (Å²) in [6.07, 6.45) is 1.27. The maximum absolute atomic E-state index is 8.66. The molecule has 2 heterocycles. The van der Waals surface area contributed by atoms with Crippen LogP contribution < -0.4 is 5.32 Å². The SMILES string of the molecule is CC(C)N1CCC(CNCc2ccc(C#N)o2)C1. The fourth-order valence-electron chi connectivity index (χ4n) is 2.43. The molecule has 0 spiro atoms. The van der Waals surface area contributed by atoms with Gasteiger partial charge in [0.1, 0.15) is 11.8 Å². The Morgan fingerprint density at radius 2 is 2.39 bits per heavy atom. The van der Waals surface area contributed by atoms with Crippen molar-refractivity contribution in [3.05, 3.63) is 23.7 Å². The van der Waals surface area contributed by atoms with E-state index in [4.69, 9.17) is 9.68 Å². The lowest BCUT2D eigenvalue weighted by molar-refractivity contribution is 0.263. The van der Waals surface area contributed by atoms with Crippen molar-refractivity contribution >= 4 is 0 Å². The van der Waals surface area contributed by atoms with Crippen molar-refractivity contribution in [1.82, 2.24) is 10.2 Å². The smallest absolute Gasteiger partial charge is 0.203 e. The van der Waals surface area contributed by atoms with Crippen molar-refractivity contribution in [2.75, 3.05) is 19.6 Å². The molecule has 0 bridgehead atoms. The van der Waals surface area contributed by atoms with E-state index < -0.39 is 0 Å². The second kappa shape index (κ2) is 6.03. The van der Waals surface area contributed by atoms with E-state index >= 15 is 0 Å². The van der Waals surface area contributed by atoms with Gasteiger partial charge in [0.2, 0.25) is 5.76 Å². The van der Waals surface area contributed by atoms with Gasteiger partial charge in [0.05, 0.1) is 6.54 Å². The highest BCUT2D eigenvalue weighted by atomic mass is 16.3. The van der Waals surface area contributed by atoms with Gasteiger partial charge in [-0.3, -0.25) is 0 Å². The van der Waals surface area contributed by atoms with Crippen molar-refractivity contribution in [2.24, 2.45) is 5.92 Å². The lowest BCUT2D eigenvalue weighted by Crippen LogP contribution is -2.30. The summed E-state index contributed by atoms with van der Waals surface area (Å²) in [5.74, 6) is 1.96. The molecule has 1 atom stereocenters. The summed E-state index contributed by atoms with van der Waals surface area (Å²) in [5.41, 5.74) is 0. The molecule has 1 saturated heterocycles. The van der Waals surface area contributed by atoms with Crippen LogP contribution in [-0.2, 0) is 6.54 Å². The van der Waals surface area contributed by atoms with Crippen molar-refractivity contribution in [1.29, 1.82) is 5.26 Å². The minimum atomic E-state index is 0.388. The van der Waals surface area contributed by atoms with Crippen LogP contribution in [-0.4, -0.2) is 30.6 Å². The lowest BCUT2D eigenvalue weighted by atomic mass is 10.1. The molecule has 1 aromatic rings. The van der Waals surface area contributed by atoms with Crippen molar-refractivity contribution in [2.45, 2.75) is 32.9 Å². The molecule has 0 aliphatic carbocycles. The van der Waals surface area contributed by atoms with E-state index in [2.05, 4.69) is 24.1 Å². The van der Waals surface area contributed by atoms with Crippen LogP contribution in [0, 0.1) is 17.2 Å². The number of hydrogen-bond donors (Lipinski definition) is 1. The minimum absolute atomic E-state index is 0.388. The Morgan fingerprint density at radius 1 is 1.56 bits per heavy atom.